The standard InChI is InChI=1S/C34H32ClF2N7O2/c1-21(36)32(45)44-15-14-42(19-23(44)17-38-2)31-25-9-8-24(26-18-39-16-22-6-3-7-27(35)28(22)26)29(37)30(25)40-33(41-31)46-20-34-10-4-12-43(34)13-5-11-34/h3,6-9,16,18,23H,1,4-5,10-15,17,19-20H2/t23-/m0/s1. The zero-order chi connectivity index (χ0) is 32.0. The van der Waals surface area contributed by atoms with Crippen molar-refractivity contribution < 1.29 is 18.3 Å². The van der Waals surface area contributed by atoms with Gasteiger partial charge in [0, 0.05) is 64.3 Å². The van der Waals surface area contributed by atoms with Gasteiger partial charge in [0.05, 0.1) is 5.54 Å². The van der Waals surface area contributed by atoms with E-state index in [2.05, 4.69) is 26.3 Å². The van der Waals surface area contributed by atoms with E-state index in [-0.39, 0.29) is 48.8 Å². The average Bonchev–Trinajstić information content (AvgIpc) is 3.64. The van der Waals surface area contributed by atoms with Crippen molar-refractivity contribution in [3.63, 3.8) is 0 Å². The number of nitrogens with zero attached hydrogens (tertiary/aromatic N) is 7. The second-order valence-electron chi connectivity index (χ2n) is 12.2. The largest absolute Gasteiger partial charge is 0.461 e. The number of anilines is 1. The van der Waals surface area contributed by atoms with Crippen LogP contribution >= 0.6 is 11.6 Å². The fourth-order valence-corrected chi connectivity index (χ4v) is 7.71. The average molecular weight is 644 g/mol. The molecule has 0 N–H and O–H groups in total. The van der Waals surface area contributed by atoms with Crippen LogP contribution in [0.4, 0.5) is 14.6 Å². The molecule has 3 aliphatic rings. The number of carbonyl (C=O) groups is 1. The summed E-state index contributed by atoms with van der Waals surface area (Å²) in [5.74, 6) is -2.05. The third-order valence-corrected chi connectivity index (χ3v) is 9.96. The van der Waals surface area contributed by atoms with Gasteiger partial charge < -0.3 is 19.4 Å². The van der Waals surface area contributed by atoms with Crippen LogP contribution < -0.4 is 9.64 Å². The zero-order valence-corrected chi connectivity index (χ0v) is 25.9. The van der Waals surface area contributed by atoms with E-state index in [0.29, 0.717) is 33.8 Å². The molecule has 3 aliphatic heterocycles. The molecule has 7 rings (SSSR count). The molecule has 0 bridgehead atoms. The normalized spacial score (nSPS) is 19.4. The van der Waals surface area contributed by atoms with Gasteiger partial charge in [0.25, 0.3) is 5.91 Å². The lowest BCUT2D eigenvalue weighted by Crippen LogP contribution is -2.56. The molecular weight excluding hydrogens is 612 g/mol. The Morgan fingerprint density at radius 2 is 1.91 bits per heavy atom. The molecular formula is C34H32ClF2N7O2. The maximum Gasteiger partial charge on any atom is 0.319 e. The number of amides is 1. The summed E-state index contributed by atoms with van der Waals surface area (Å²) in [6, 6.07) is 8.33. The summed E-state index contributed by atoms with van der Waals surface area (Å²) in [4.78, 5) is 35.5. The maximum absolute atomic E-state index is 16.8. The quantitative estimate of drug-likeness (QED) is 0.179. The van der Waals surface area contributed by atoms with Gasteiger partial charge in [-0.3, -0.25) is 14.7 Å². The van der Waals surface area contributed by atoms with Gasteiger partial charge in [0.1, 0.15) is 24.0 Å². The van der Waals surface area contributed by atoms with Crippen molar-refractivity contribution >= 4 is 45.0 Å². The van der Waals surface area contributed by atoms with Crippen LogP contribution in [0.25, 0.3) is 37.6 Å². The summed E-state index contributed by atoms with van der Waals surface area (Å²) in [5, 5.41) is 2.39. The lowest BCUT2D eigenvalue weighted by Gasteiger charge is -2.39. The first kappa shape index (κ1) is 30.3. The van der Waals surface area contributed by atoms with Crippen molar-refractivity contribution in [3.8, 4) is 17.1 Å². The third kappa shape index (κ3) is 5.19. The van der Waals surface area contributed by atoms with Crippen LogP contribution in [-0.2, 0) is 4.79 Å². The molecule has 46 heavy (non-hydrogen) atoms. The molecule has 0 saturated carbocycles. The fraction of sp³-hybridized carbons (Fsp3) is 0.382. The molecule has 12 heteroatoms. The number of halogens is 3. The zero-order valence-electron chi connectivity index (χ0n) is 25.2. The predicted molar refractivity (Wildman–Crippen MR) is 173 cm³/mol. The molecule has 1 atom stereocenters. The SMILES string of the molecule is [C-]#[N+]C[C@H]1CN(c2nc(OCC34CCCN3CCC4)nc3c(F)c(-c4cncc5cccc(Cl)c45)ccc23)CCN1C(=O)C(=C)F. The van der Waals surface area contributed by atoms with Crippen molar-refractivity contribution in [2.24, 2.45) is 0 Å². The molecule has 0 radical (unpaired) electrons. The van der Waals surface area contributed by atoms with Crippen LogP contribution in [0.15, 0.2) is 55.1 Å². The van der Waals surface area contributed by atoms with E-state index in [4.69, 9.17) is 27.9 Å². The first-order valence-corrected chi connectivity index (χ1v) is 15.8. The molecule has 1 amide bonds. The minimum absolute atomic E-state index is 0.0341. The van der Waals surface area contributed by atoms with Gasteiger partial charge in [-0.05, 0) is 50.9 Å². The Morgan fingerprint density at radius 3 is 2.67 bits per heavy atom. The van der Waals surface area contributed by atoms with Crippen molar-refractivity contribution in [1.29, 1.82) is 0 Å². The first-order valence-electron chi connectivity index (χ1n) is 15.4. The van der Waals surface area contributed by atoms with Gasteiger partial charge in [0.2, 0.25) is 6.54 Å². The molecule has 5 heterocycles. The van der Waals surface area contributed by atoms with Crippen LogP contribution in [0.2, 0.25) is 5.02 Å². The lowest BCUT2D eigenvalue weighted by atomic mass is 9.95. The van der Waals surface area contributed by atoms with Crippen LogP contribution in [0.3, 0.4) is 0 Å². The van der Waals surface area contributed by atoms with Gasteiger partial charge in [-0.15, -0.1) is 0 Å². The third-order valence-electron chi connectivity index (χ3n) is 9.65. The number of fused-ring (bicyclic) bond motifs is 3. The van der Waals surface area contributed by atoms with E-state index in [1.54, 1.807) is 30.6 Å². The van der Waals surface area contributed by atoms with Gasteiger partial charge in [0.15, 0.2) is 11.6 Å². The molecule has 0 spiro atoms. The first-order chi connectivity index (χ1) is 22.3. The lowest BCUT2D eigenvalue weighted by molar-refractivity contribution is -0.131. The highest BCUT2D eigenvalue weighted by molar-refractivity contribution is 6.36. The van der Waals surface area contributed by atoms with Crippen molar-refractivity contribution in [2.45, 2.75) is 37.3 Å². The monoisotopic (exact) mass is 643 g/mol. The van der Waals surface area contributed by atoms with Crippen molar-refractivity contribution in [1.82, 2.24) is 24.8 Å². The Bertz CT molecular complexity index is 1900. The molecule has 0 unspecified atom stereocenters. The highest BCUT2D eigenvalue weighted by Crippen LogP contribution is 2.41. The summed E-state index contributed by atoms with van der Waals surface area (Å²) in [7, 11) is 0. The molecule has 236 valence electrons. The van der Waals surface area contributed by atoms with E-state index < -0.39 is 23.6 Å². The van der Waals surface area contributed by atoms with Crippen molar-refractivity contribution in [2.75, 3.05) is 50.8 Å². The van der Waals surface area contributed by atoms with Crippen LogP contribution in [0.1, 0.15) is 25.7 Å². The van der Waals surface area contributed by atoms with Gasteiger partial charge in [-0.2, -0.15) is 9.97 Å². The number of pyridine rings is 1. The number of ether oxygens (including phenoxy) is 1. The number of piperazine rings is 1. The number of rotatable bonds is 7. The Hall–Kier alpha value is -4.40. The summed E-state index contributed by atoms with van der Waals surface area (Å²) in [6.07, 6.45) is 7.53. The smallest absolute Gasteiger partial charge is 0.319 e. The van der Waals surface area contributed by atoms with Gasteiger partial charge in [-0.1, -0.05) is 36.4 Å². The molecule has 4 aromatic rings. The second kappa shape index (κ2) is 12.1. The number of hydrogen-bond donors (Lipinski definition) is 0. The summed E-state index contributed by atoms with van der Waals surface area (Å²) in [5.41, 5.74) is 0.818. The summed E-state index contributed by atoms with van der Waals surface area (Å²) >= 11 is 6.59. The number of aromatic nitrogens is 3. The second-order valence-corrected chi connectivity index (χ2v) is 12.6. The van der Waals surface area contributed by atoms with Crippen LogP contribution in [0.5, 0.6) is 6.01 Å². The molecule has 9 nitrogen and oxygen atoms in total. The van der Waals surface area contributed by atoms with E-state index in [9.17, 15) is 9.18 Å². The minimum atomic E-state index is -1.07. The van der Waals surface area contributed by atoms with Crippen molar-refractivity contribution in [3.05, 3.63) is 77.4 Å². The minimum Gasteiger partial charge on any atom is -0.461 e. The Balaban J connectivity index is 1.33. The topological polar surface area (TPSA) is 79.1 Å². The maximum atomic E-state index is 16.8. The van der Waals surface area contributed by atoms with Crippen LogP contribution in [-0.4, -0.2) is 88.1 Å². The molecule has 2 aromatic heterocycles. The van der Waals surface area contributed by atoms with E-state index in [1.807, 2.05) is 17.0 Å². The number of hydrogen-bond acceptors (Lipinski definition) is 7. The molecule has 3 saturated heterocycles. The van der Waals surface area contributed by atoms with E-state index in [1.165, 1.54) is 4.90 Å². The number of benzene rings is 2. The Morgan fingerprint density at radius 1 is 1.11 bits per heavy atom. The van der Waals surface area contributed by atoms with Crippen LogP contribution in [0, 0.1) is 12.4 Å². The Kier molecular flexibility index (Phi) is 7.95. The fourth-order valence-electron chi connectivity index (χ4n) is 7.43. The number of carbonyl (C=O) groups excluding carboxylic acids is 1. The summed E-state index contributed by atoms with van der Waals surface area (Å²) < 4.78 is 36.9. The Labute approximate surface area is 270 Å². The molecule has 2 aromatic carbocycles. The highest BCUT2D eigenvalue weighted by atomic mass is 35.5. The summed E-state index contributed by atoms with van der Waals surface area (Å²) in [6.45, 7) is 13.6. The molecule has 3 fully saturated rings. The highest BCUT2D eigenvalue weighted by Gasteiger charge is 2.45. The molecule has 0 aliphatic carbocycles. The van der Waals surface area contributed by atoms with E-state index >= 15 is 4.39 Å². The van der Waals surface area contributed by atoms with Gasteiger partial charge >= 0.3 is 6.01 Å². The predicted octanol–water partition coefficient (Wildman–Crippen LogP) is 6.06. The van der Waals surface area contributed by atoms with Gasteiger partial charge in [-0.25, -0.2) is 15.4 Å². The van der Waals surface area contributed by atoms with E-state index in [0.717, 1.165) is 44.2 Å².